The van der Waals surface area contributed by atoms with E-state index in [1.165, 1.54) is 7.11 Å². The lowest BCUT2D eigenvalue weighted by atomic mass is 9.91. The first-order valence-corrected chi connectivity index (χ1v) is 8.91. The summed E-state index contributed by atoms with van der Waals surface area (Å²) in [5.74, 6) is -0.234. The van der Waals surface area contributed by atoms with Gasteiger partial charge in [0.1, 0.15) is 0 Å². The van der Waals surface area contributed by atoms with E-state index in [9.17, 15) is 9.90 Å². The van der Waals surface area contributed by atoms with Gasteiger partial charge in [-0.2, -0.15) is 0 Å². The van der Waals surface area contributed by atoms with Crippen LogP contribution in [0, 0.1) is 0 Å². The molecule has 1 aromatic rings. The van der Waals surface area contributed by atoms with Gasteiger partial charge in [0.25, 0.3) is 0 Å². The van der Waals surface area contributed by atoms with E-state index in [0.29, 0.717) is 19.3 Å². The summed E-state index contributed by atoms with van der Waals surface area (Å²) in [4.78, 5) is 11.5. The number of hydrogen-bond acceptors (Lipinski definition) is 5. The first-order chi connectivity index (χ1) is 12.2. The third-order valence-electron chi connectivity index (χ3n) is 4.35. The smallest absolute Gasteiger partial charge is 0.305 e. The minimum absolute atomic E-state index is 0.0588. The van der Waals surface area contributed by atoms with Crippen LogP contribution < -0.4 is 0 Å². The van der Waals surface area contributed by atoms with E-state index in [2.05, 4.69) is 12.1 Å². The van der Waals surface area contributed by atoms with Crippen LogP contribution in [0.15, 0.2) is 35.9 Å². The number of carbonyl (C=O) groups is 1. The summed E-state index contributed by atoms with van der Waals surface area (Å²) in [6.07, 6.45) is 3.76. The van der Waals surface area contributed by atoms with E-state index in [4.69, 9.17) is 14.2 Å². The van der Waals surface area contributed by atoms with Gasteiger partial charge in [-0.05, 0) is 36.8 Å². The maximum atomic E-state index is 11.5. The van der Waals surface area contributed by atoms with Gasteiger partial charge in [-0.3, -0.25) is 4.79 Å². The van der Waals surface area contributed by atoms with Gasteiger partial charge < -0.3 is 19.3 Å². The van der Waals surface area contributed by atoms with Crippen LogP contribution in [-0.2, 0) is 19.0 Å². The van der Waals surface area contributed by atoms with Crippen LogP contribution in [0.1, 0.15) is 44.1 Å². The van der Waals surface area contributed by atoms with Crippen molar-refractivity contribution in [3.63, 3.8) is 0 Å². The van der Waals surface area contributed by atoms with Crippen molar-refractivity contribution in [2.45, 2.75) is 44.8 Å². The largest absolute Gasteiger partial charge is 0.469 e. The predicted octanol–water partition coefficient (Wildman–Crippen LogP) is 3.32. The van der Waals surface area contributed by atoms with Gasteiger partial charge in [0, 0.05) is 19.4 Å². The third-order valence-corrected chi connectivity index (χ3v) is 4.35. The van der Waals surface area contributed by atoms with Crippen molar-refractivity contribution in [3.8, 4) is 0 Å². The molecular weight excluding hydrogens is 320 g/mol. The number of hydrogen-bond donors (Lipinski definition) is 1. The highest BCUT2D eigenvalue weighted by atomic mass is 16.7. The molecule has 0 unspecified atom stereocenters. The monoisotopic (exact) mass is 348 g/mol. The van der Waals surface area contributed by atoms with E-state index in [1.54, 1.807) is 0 Å². The Bertz CT molecular complexity index is 546. The van der Waals surface area contributed by atoms with Crippen molar-refractivity contribution < 1.29 is 24.1 Å². The second-order valence-corrected chi connectivity index (χ2v) is 6.06. The zero-order valence-corrected chi connectivity index (χ0v) is 14.9. The summed E-state index contributed by atoms with van der Waals surface area (Å²) in [7, 11) is 1.40. The molecule has 138 valence electrons. The predicted molar refractivity (Wildman–Crippen MR) is 95.9 cm³/mol. The molecule has 0 spiro atoms. The summed E-state index contributed by atoms with van der Waals surface area (Å²) >= 11 is 0. The maximum Gasteiger partial charge on any atom is 0.305 e. The van der Waals surface area contributed by atoms with Gasteiger partial charge >= 0.3 is 5.97 Å². The van der Waals surface area contributed by atoms with Gasteiger partial charge in [0.2, 0.25) is 0 Å². The molecule has 1 aliphatic heterocycles. The molecule has 1 heterocycles. The molecule has 0 aromatic heterocycles. The molecule has 0 bridgehead atoms. The summed E-state index contributed by atoms with van der Waals surface area (Å²) in [6, 6.07) is 10.1. The van der Waals surface area contributed by atoms with Crippen molar-refractivity contribution in [2.75, 3.05) is 26.9 Å². The minimum Gasteiger partial charge on any atom is -0.469 e. The van der Waals surface area contributed by atoms with Crippen LogP contribution in [0.4, 0.5) is 0 Å². The van der Waals surface area contributed by atoms with Crippen molar-refractivity contribution in [2.24, 2.45) is 0 Å². The molecule has 0 atom stereocenters. The highest BCUT2D eigenvalue weighted by Crippen LogP contribution is 2.30. The molecule has 1 aliphatic rings. The topological polar surface area (TPSA) is 65.0 Å². The third kappa shape index (κ3) is 6.61. The number of aliphatic hydroxyl groups excluding tert-OH is 1. The molecule has 0 radical (unpaired) electrons. The lowest BCUT2D eigenvalue weighted by molar-refractivity contribution is -0.180. The average Bonchev–Trinajstić information content (AvgIpc) is 2.67. The van der Waals surface area contributed by atoms with Gasteiger partial charge in [-0.1, -0.05) is 35.9 Å². The molecule has 1 fully saturated rings. The number of benzene rings is 1. The second-order valence-electron chi connectivity index (χ2n) is 6.06. The molecule has 0 amide bonds. The standard InChI is InChI=1S/C20H28O5/c1-23-19(22)10-8-17(12-13-21)18(16-6-3-2-4-7-16)9-11-20-24-14-5-15-25-20/h2-4,6-7,20-21H,5,8-15H2,1H3/b18-17+. The zero-order chi connectivity index (χ0) is 17.9. The highest BCUT2D eigenvalue weighted by molar-refractivity contribution is 5.72. The Hall–Kier alpha value is -1.69. The lowest BCUT2D eigenvalue weighted by Crippen LogP contribution is -2.24. The zero-order valence-electron chi connectivity index (χ0n) is 14.9. The minimum atomic E-state index is -0.234. The molecule has 0 aliphatic carbocycles. The van der Waals surface area contributed by atoms with Crippen molar-refractivity contribution in [3.05, 3.63) is 41.5 Å². The second kappa shape index (κ2) is 11.0. The molecule has 5 nitrogen and oxygen atoms in total. The molecule has 25 heavy (non-hydrogen) atoms. The van der Waals surface area contributed by atoms with Gasteiger partial charge in [-0.25, -0.2) is 0 Å². The van der Waals surface area contributed by atoms with E-state index in [0.717, 1.165) is 49.2 Å². The quantitative estimate of drug-likeness (QED) is 0.694. The Balaban J connectivity index is 2.17. The number of allylic oxidation sites excluding steroid dienone is 1. The molecule has 1 N–H and O–H groups in total. The number of aliphatic hydroxyl groups is 1. The Kier molecular flexibility index (Phi) is 8.66. The van der Waals surface area contributed by atoms with Gasteiger partial charge in [-0.15, -0.1) is 0 Å². The number of ether oxygens (including phenoxy) is 3. The van der Waals surface area contributed by atoms with Crippen molar-refractivity contribution >= 4 is 11.5 Å². The fourth-order valence-electron chi connectivity index (χ4n) is 3.05. The lowest BCUT2D eigenvalue weighted by Gasteiger charge is -2.24. The fourth-order valence-corrected chi connectivity index (χ4v) is 3.05. The molecular formula is C20H28O5. The van der Waals surface area contributed by atoms with E-state index < -0.39 is 0 Å². The molecule has 1 saturated heterocycles. The summed E-state index contributed by atoms with van der Waals surface area (Å²) in [6.45, 7) is 1.53. The number of methoxy groups -OCH3 is 1. The summed E-state index contributed by atoms with van der Waals surface area (Å²) in [5, 5.41) is 9.47. The molecule has 5 heteroatoms. The molecule has 0 saturated carbocycles. The summed E-state index contributed by atoms with van der Waals surface area (Å²) in [5.41, 5.74) is 3.37. The Labute approximate surface area is 149 Å². The fraction of sp³-hybridized carbons (Fsp3) is 0.550. The number of esters is 1. The van der Waals surface area contributed by atoms with Crippen LogP contribution >= 0.6 is 0 Å². The van der Waals surface area contributed by atoms with Gasteiger partial charge in [0.05, 0.1) is 20.3 Å². The maximum absolute atomic E-state index is 11.5. The average molecular weight is 348 g/mol. The first-order valence-electron chi connectivity index (χ1n) is 8.91. The Morgan fingerprint density at radius 1 is 1.12 bits per heavy atom. The van der Waals surface area contributed by atoms with Crippen LogP contribution in [0.5, 0.6) is 0 Å². The SMILES string of the molecule is COC(=O)CC/C(CCO)=C(/CCC1OCCCO1)c1ccccc1. The highest BCUT2D eigenvalue weighted by Gasteiger charge is 2.17. The first kappa shape index (κ1) is 19.6. The van der Waals surface area contributed by atoms with E-state index >= 15 is 0 Å². The normalized spacial score (nSPS) is 16.4. The van der Waals surface area contributed by atoms with Crippen LogP contribution in [0.3, 0.4) is 0 Å². The van der Waals surface area contributed by atoms with E-state index in [1.807, 2.05) is 18.2 Å². The van der Waals surface area contributed by atoms with Crippen molar-refractivity contribution in [1.29, 1.82) is 0 Å². The van der Waals surface area contributed by atoms with Gasteiger partial charge in [0.15, 0.2) is 6.29 Å². The van der Waals surface area contributed by atoms with Crippen LogP contribution in [0.25, 0.3) is 5.57 Å². The van der Waals surface area contributed by atoms with Crippen molar-refractivity contribution in [1.82, 2.24) is 0 Å². The van der Waals surface area contributed by atoms with E-state index in [-0.39, 0.29) is 18.9 Å². The Morgan fingerprint density at radius 3 is 2.48 bits per heavy atom. The van der Waals surface area contributed by atoms with Crippen LogP contribution in [0.2, 0.25) is 0 Å². The Morgan fingerprint density at radius 2 is 1.84 bits per heavy atom. The number of rotatable bonds is 9. The number of carbonyl (C=O) groups excluding carboxylic acids is 1. The molecule has 2 rings (SSSR count). The molecule has 1 aromatic carbocycles. The van der Waals surface area contributed by atoms with Crippen LogP contribution in [-0.4, -0.2) is 44.3 Å². The summed E-state index contributed by atoms with van der Waals surface area (Å²) < 4.78 is 16.1.